The van der Waals surface area contributed by atoms with Crippen molar-refractivity contribution in [2.75, 3.05) is 65.1 Å². The van der Waals surface area contributed by atoms with Gasteiger partial charge in [-0.2, -0.15) is 0 Å². The summed E-state index contributed by atoms with van der Waals surface area (Å²) in [4.78, 5) is 19.5. The van der Waals surface area contributed by atoms with E-state index in [1.807, 2.05) is 47.4 Å². The monoisotopic (exact) mass is 530 g/mol. The van der Waals surface area contributed by atoms with Crippen LogP contribution in [0.5, 0.6) is 17.2 Å². The molecule has 36 heavy (non-hydrogen) atoms. The predicted molar refractivity (Wildman–Crippen MR) is 145 cm³/mol. The van der Waals surface area contributed by atoms with Crippen LogP contribution in [0.3, 0.4) is 0 Å². The van der Waals surface area contributed by atoms with Gasteiger partial charge in [-0.15, -0.1) is 23.7 Å². The van der Waals surface area contributed by atoms with Gasteiger partial charge < -0.3 is 23.8 Å². The largest absolute Gasteiger partial charge is 0.497 e. The molecule has 0 spiro atoms. The van der Waals surface area contributed by atoms with Gasteiger partial charge in [0.25, 0.3) is 5.91 Å². The van der Waals surface area contributed by atoms with Crippen molar-refractivity contribution in [1.29, 1.82) is 0 Å². The molecule has 2 aliphatic heterocycles. The van der Waals surface area contributed by atoms with E-state index >= 15 is 0 Å². The van der Waals surface area contributed by atoms with E-state index in [-0.39, 0.29) is 18.3 Å². The van der Waals surface area contributed by atoms with Crippen LogP contribution >= 0.6 is 23.7 Å². The van der Waals surface area contributed by atoms with E-state index in [0.717, 1.165) is 71.6 Å². The predicted octanol–water partition coefficient (Wildman–Crippen LogP) is 4.77. The number of ether oxygens (including phenoxy) is 4. The van der Waals surface area contributed by atoms with Crippen molar-refractivity contribution in [3.05, 3.63) is 59.0 Å². The Morgan fingerprint density at radius 1 is 0.944 bits per heavy atom. The Hall–Kier alpha value is -2.78. The minimum absolute atomic E-state index is 0. The summed E-state index contributed by atoms with van der Waals surface area (Å²) < 4.78 is 22.3. The lowest BCUT2D eigenvalue weighted by Gasteiger charge is -2.28. The molecule has 1 fully saturated rings. The summed E-state index contributed by atoms with van der Waals surface area (Å²) in [6.45, 7) is 5.46. The first-order valence-corrected chi connectivity index (χ1v) is 12.7. The third-order valence-corrected chi connectivity index (χ3v) is 7.67. The molecule has 2 aliphatic rings. The number of methoxy groups -OCH3 is 2. The number of hydrogen-bond donors (Lipinski definition) is 0. The number of amides is 1. The molecule has 0 aliphatic carbocycles. The second kappa shape index (κ2) is 12.0. The molecule has 192 valence electrons. The second-order valence-corrected chi connectivity index (χ2v) is 9.59. The highest BCUT2D eigenvalue weighted by molar-refractivity contribution is 7.17. The molecule has 5 rings (SSSR count). The second-order valence-electron chi connectivity index (χ2n) is 8.54. The molecule has 3 aromatic rings. The van der Waals surface area contributed by atoms with Gasteiger partial charge in [0.05, 0.1) is 32.3 Å². The number of anilines is 1. The van der Waals surface area contributed by atoms with Crippen molar-refractivity contribution in [3.8, 4) is 27.7 Å². The Labute approximate surface area is 221 Å². The van der Waals surface area contributed by atoms with E-state index in [1.54, 1.807) is 25.6 Å². The highest BCUT2D eigenvalue weighted by atomic mass is 35.5. The minimum Gasteiger partial charge on any atom is -0.497 e. The number of benzene rings is 2. The molecule has 1 amide bonds. The first-order valence-electron chi connectivity index (χ1n) is 11.9. The van der Waals surface area contributed by atoms with Gasteiger partial charge in [-0.3, -0.25) is 9.69 Å². The van der Waals surface area contributed by atoms with Crippen molar-refractivity contribution >= 4 is 35.3 Å². The molecule has 0 unspecified atom stereocenters. The van der Waals surface area contributed by atoms with Gasteiger partial charge in [0, 0.05) is 42.8 Å². The van der Waals surface area contributed by atoms with Crippen LogP contribution in [0.15, 0.2) is 48.5 Å². The maximum atomic E-state index is 13.4. The topological polar surface area (TPSA) is 60.5 Å². The number of thiophene rings is 1. The highest BCUT2D eigenvalue weighted by Crippen LogP contribution is 2.38. The minimum atomic E-state index is 0. The van der Waals surface area contributed by atoms with Crippen LogP contribution in [0.25, 0.3) is 10.4 Å². The highest BCUT2D eigenvalue weighted by Gasteiger charge is 2.29. The zero-order valence-corrected chi connectivity index (χ0v) is 22.2. The standard InChI is InChI=1S/C27H30N2O5S.ClH/c1-31-22-6-3-19(4-7-22)25-17-20-9-10-29(27(30)26(20)35-25)21-5-8-23(24(18-21)32-2)34-16-13-28-11-14-33-15-12-28;/h3-8,17-18H,9-16H2,1-2H3;1H. The average molecular weight is 531 g/mol. The van der Waals surface area contributed by atoms with Crippen molar-refractivity contribution in [2.24, 2.45) is 0 Å². The van der Waals surface area contributed by atoms with Gasteiger partial charge in [0.1, 0.15) is 12.4 Å². The Morgan fingerprint density at radius 3 is 2.44 bits per heavy atom. The molecular weight excluding hydrogens is 500 g/mol. The van der Waals surface area contributed by atoms with Crippen LogP contribution in [-0.2, 0) is 11.2 Å². The van der Waals surface area contributed by atoms with Crippen LogP contribution in [0, 0.1) is 0 Å². The van der Waals surface area contributed by atoms with Gasteiger partial charge >= 0.3 is 0 Å². The summed E-state index contributed by atoms with van der Waals surface area (Å²) in [5, 5.41) is 0. The fourth-order valence-electron chi connectivity index (χ4n) is 4.45. The molecule has 1 saturated heterocycles. The van der Waals surface area contributed by atoms with E-state index in [2.05, 4.69) is 11.0 Å². The number of halogens is 1. The Morgan fingerprint density at radius 2 is 1.72 bits per heavy atom. The molecule has 1 aromatic heterocycles. The number of carbonyl (C=O) groups excluding carboxylic acids is 1. The van der Waals surface area contributed by atoms with Gasteiger partial charge in [-0.1, -0.05) is 0 Å². The number of fused-ring (bicyclic) bond motifs is 1. The van der Waals surface area contributed by atoms with E-state index in [4.69, 9.17) is 18.9 Å². The molecule has 2 aromatic carbocycles. The normalized spacial score (nSPS) is 15.7. The summed E-state index contributed by atoms with van der Waals surface area (Å²) in [5.74, 6) is 2.17. The number of carbonyl (C=O) groups is 1. The van der Waals surface area contributed by atoms with E-state index in [0.29, 0.717) is 24.7 Å². The van der Waals surface area contributed by atoms with E-state index < -0.39 is 0 Å². The lowest BCUT2D eigenvalue weighted by molar-refractivity contribution is 0.0321. The van der Waals surface area contributed by atoms with Crippen molar-refractivity contribution < 1.29 is 23.7 Å². The molecule has 3 heterocycles. The quantitative estimate of drug-likeness (QED) is 0.418. The van der Waals surface area contributed by atoms with Gasteiger partial charge in [0.15, 0.2) is 11.5 Å². The third-order valence-electron chi connectivity index (χ3n) is 6.46. The lowest BCUT2D eigenvalue weighted by Crippen LogP contribution is -2.38. The first-order chi connectivity index (χ1) is 17.2. The van der Waals surface area contributed by atoms with Crippen molar-refractivity contribution in [1.82, 2.24) is 4.90 Å². The zero-order chi connectivity index (χ0) is 24.2. The first kappa shape index (κ1) is 26.3. The summed E-state index contributed by atoms with van der Waals surface area (Å²) in [6.07, 6.45) is 0.813. The van der Waals surface area contributed by atoms with Crippen LogP contribution in [0.1, 0.15) is 15.2 Å². The maximum absolute atomic E-state index is 13.4. The summed E-state index contributed by atoms with van der Waals surface area (Å²) >= 11 is 1.54. The molecular formula is C27H31ClN2O5S. The Bertz CT molecular complexity index is 1180. The number of morpholine rings is 1. The van der Waals surface area contributed by atoms with Crippen molar-refractivity contribution in [3.63, 3.8) is 0 Å². The third kappa shape index (κ3) is 5.62. The molecule has 0 radical (unpaired) electrons. The van der Waals surface area contributed by atoms with Crippen LogP contribution in [0.4, 0.5) is 5.69 Å². The van der Waals surface area contributed by atoms with Crippen molar-refractivity contribution in [2.45, 2.75) is 6.42 Å². The average Bonchev–Trinajstić information content (AvgIpc) is 3.35. The molecule has 0 N–H and O–H groups in total. The molecule has 9 heteroatoms. The summed E-state index contributed by atoms with van der Waals surface area (Å²) in [5.41, 5.74) is 3.01. The Kier molecular flexibility index (Phi) is 8.74. The Balaban J connectivity index is 0.00000304. The smallest absolute Gasteiger partial charge is 0.268 e. The molecule has 7 nitrogen and oxygen atoms in total. The zero-order valence-electron chi connectivity index (χ0n) is 20.5. The summed E-state index contributed by atoms with van der Waals surface area (Å²) in [7, 11) is 3.29. The molecule has 0 saturated carbocycles. The lowest BCUT2D eigenvalue weighted by atomic mass is 10.1. The SMILES string of the molecule is COc1ccc(-c2cc3c(s2)C(=O)N(c2ccc(OCCN4CCOCC4)c(OC)c2)CC3)cc1.Cl. The number of rotatable bonds is 8. The van der Waals surface area contributed by atoms with E-state index in [1.165, 1.54) is 0 Å². The van der Waals surface area contributed by atoms with Crippen LogP contribution < -0.4 is 19.1 Å². The van der Waals surface area contributed by atoms with Gasteiger partial charge in [-0.05, 0) is 60.0 Å². The van der Waals surface area contributed by atoms with E-state index in [9.17, 15) is 4.79 Å². The fourth-order valence-corrected chi connectivity index (χ4v) is 5.61. The number of hydrogen-bond acceptors (Lipinski definition) is 7. The fraction of sp³-hybridized carbons (Fsp3) is 0.370. The number of nitrogens with zero attached hydrogens (tertiary/aromatic N) is 2. The van der Waals surface area contributed by atoms with Gasteiger partial charge in [-0.25, -0.2) is 0 Å². The molecule has 0 bridgehead atoms. The van der Waals surface area contributed by atoms with Gasteiger partial charge in [0.2, 0.25) is 0 Å². The van der Waals surface area contributed by atoms with Crippen LogP contribution in [-0.4, -0.2) is 71.0 Å². The van der Waals surface area contributed by atoms with Crippen LogP contribution in [0.2, 0.25) is 0 Å². The molecule has 0 atom stereocenters. The summed E-state index contributed by atoms with van der Waals surface area (Å²) in [6, 6.07) is 15.8. The maximum Gasteiger partial charge on any atom is 0.268 e.